The third-order valence-electron chi connectivity index (χ3n) is 5.78. The van der Waals surface area contributed by atoms with Crippen molar-refractivity contribution in [1.29, 1.82) is 0 Å². The first-order valence-corrected chi connectivity index (χ1v) is 10.6. The molecular formula is C24H28F3N3O2. The summed E-state index contributed by atoms with van der Waals surface area (Å²) in [6.07, 6.45) is -3.05. The van der Waals surface area contributed by atoms with E-state index in [2.05, 4.69) is 10.6 Å². The Kier molecular flexibility index (Phi) is 7.11. The SMILES string of the molecule is CC(C)(CNC(=O)C1CCCN(C(=O)Nc2ccccc2)C1)c1cccc(C(F)(F)F)c1. The van der Waals surface area contributed by atoms with Gasteiger partial charge in [-0.1, -0.05) is 50.2 Å². The fraction of sp³-hybridized carbons (Fsp3) is 0.417. The third kappa shape index (κ3) is 6.02. The molecule has 1 aliphatic heterocycles. The number of rotatable bonds is 5. The largest absolute Gasteiger partial charge is 0.416 e. The Morgan fingerprint density at radius 1 is 1.03 bits per heavy atom. The van der Waals surface area contributed by atoms with E-state index in [0.29, 0.717) is 37.2 Å². The lowest BCUT2D eigenvalue weighted by atomic mass is 9.83. The number of urea groups is 1. The first kappa shape index (κ1) is 23.6. The molecule has 0 radical (unpaired) electrons. The zero-order valence-electron chi connectivity index (χ0n) is 18.2. The van der Waals surface area contributed by atoms with Crippen LogP contribution in [0.25, 0.3) is 0 Å². The molecule has 3 rings (SSSR count). The molecule has 2 N–H and O–H groups in total. The number of nitrogens with zero attached hydrogens (tertiary/aromatic N) is 1. The summed E-state index contributed by atoms with van der Waals surface area (Å²) in [6, 6.07) is 14.0. The topological polar surface area (TPSA) is 61.4 Å². The Morgan fingerprint density at radius 2 is 1.72 bits per heavy atom. The van der Waals surface area contributed by atoms with Gasteiger partial charge in [0.1, 0.15) is 0 Å². The van der Waals surface area contributed by atoms with Gasteiger partial charge in [0.25, 0.3) is 0 Å². The molecule has 172 valence electrons. The summed E-state index contributed by atoms with van der Waals surface area (Å²) in [6.45, 7) is 4.65. The predicted molar refractivity (Wildman–Crippen MR) is 117 cm³/mol. The number of anilines is 1. The smallest absolute Gasteiger partial charge is 0.355 e. The number of carbonyl (C=O) groups excluding carboxylic acids is 2. The normalized spacial score (nSPS) is 17.0. The van der Waals surface area contributed by atoms with Crippen LogP contribution in [0.4, 0.5) is 23.7 Å². The number of hydrogen-bond donors (Lipinski definition) is 2. The fourth-order valence-electron chi connectivity index (χ4n) is 3.77. The van der Waals surface area contributed by atoms with Gasteiger partial charge in [-0.2, -0.15) is 13.2 Å². The van der Waals surface area contributed by atoms with Gasteiger partial charge in [-0.25, -0.2) is 4.79 Å². The predicted octanol–water partition coefficient (Wildman–Crippen LogP) is 5.04. The van der Waals surface area contributed by atoms with E-state index in [-0.39, 0.29) is 24.4 Å². The lowest BCUT2D eigenvalue weighted by Crippen LogP contribution is -2.48. The second-order valence-electron chi connectivity index (χ2n) is 8.76. The highest BCUT2D eigenvalue weighted by Gasteiger charge is 2.33. The van der Waals surface area contributed by atoms with Crippen molar-refractivity contribution in [2.75, 3.05) is 25.0 Å². The Morgan fingerprint density at radius 3 is 2.41 bits per heavy atom. The van der Waals surface area contributed by atoms with E-state index in [4.69, 9.17) is 0 Å². The van der Waals surface area contributed by atoms with Gasteiger partial charge >= 0.3 is 12.2 Å². The van der Waals surface area contributed by atoms with E-state index in [1.165, 1.54) is 6.07 Å². The molecular weight excluding hydrogens is 419 g/mol. The molecule has 0 aliphatic carbocycles. The van der Waals surface area contributed by atoms with Gasteiger partial charge < -0.3 is 15.5 Å². The Hall–Kier alpha value is -3.03. The Bertz CT molecular complexity index is 945. The molecule has 1 saturated heterocycles. The molecule has 0 bridgehead atoms. The van der Waals surface area contributed by atoms with Crippen molar-refractivity contribution >= 4 is 17.6 Å². The maximum absolute atomic E-state index is 13.0. The van der Waals surface area contributed by atoms with Crippen molar-refractivity contribution in [2.45, 2.75) is 38.3 Å². The molecule has 0 saturated carbocycles. The van der Waals surface area contributed by atoms with Crippen molar-refractivity contribution in [3.63, 3.8) is 0 Å². The van der Waals surface area contributed by atoms with Crippen molar-refractivity contribution in [3.05, 3.63) is 65.7 Å². The molecule has 1 aliphatic rings. The van der Waals surface area contributed by atoms with E-state index >= 15 is 0 Å². The molecule has 3 amide bonds. The zero-order valence-corrected chi connectivity index (χ0v) is 18.2. The van der Waals surface area contributed by atoms with Gasteiger partial charge in [0, 0.05) is 30.7 Å². The van der Waals surface area contributed by atoms with Crippen LogP contribution in [-0.4, -0.2) is 36.5 Å². The first-order valence-electron chi connectivity index (χ1n) is 10.6. The number of carbonyl (C=O) groups is 2. The van der Waals surface area contributed by atoms with E-state index < -0.39 is 17.2 Å². The highest BCUT2D eigenvalue weighted by molar-refractivity contribution is 5.90. The van der Waals surface area contributed by atoms with E-state index in [1.807, 2.05) is 18.2 Å². The highest BCUT2D eigenvalue weighted by Crippen LogP contribution is 2.32. The van der Waals surface area contributed by atoms with Crippen molar-refractivity contribution in [2.24, 2.45) is 5.92 Å². The molecule has 2 aromatic carbocycles. The molecule has 32 heavy (non-hydrogen) atoms. The number of piperidine rings is 1. The number of para-hydroxylation sites is 1. The highest BCUT2D eigenvalue weighted by atomic mass is 19.4. The van der Waals surface area contributed by atoms with Gasteiger partial charge in [0.2, 0.25) is 5.91 Å². The molecule has 1 fully saturated rings. The van der Waals surface area contributed by atoms with Crippen LogP contribution in [0, 0.1) is 5.92 Å². The van der Waals surface area contributed by atoms with Crippen LogP contribution in [0.3, 0.4) is 0 Å². The van der Waals surface area contributed by atoms with Crippen molar-refractivity contribution in [1.82, 2.24) is 10.2 Å². The molecule has 0 spiro atoms. The standard InChI is InChI=1S/C24H28F3N3O2/c1-23(2,18-9-6-10-19(14-18)24(25,26)27)16-28-21(31)17-8-7-13-30(15-17)22(32)29-20-11-4-3-5-12-20/h3-6,9-12,14,17H,7-8,13,15-16H2,1-2H3,(H,28,31)(H,29,32). The van der Waals surface area contributed by atoms with Crippen LogP contribution in [0.5, 0.6) is 0 Å². The summed E-state index contributed by atoms with van der Waals surface area (Å²) in [5.74, 6) is -0.551. The number of halogens is 3. The van der Waals surface area contributed by atoms with Gasteiger partial charge in [-0.15, -0.1) is 0 Å². The lowest BCUT2D eigenvalue weighted by molar-refractivity contribution is -0.137. The second-order valence-corrected chi connectivity index (χ2v) is 8.76. The van der Waals surface area contributed by atoms with Crippen molar-refractivity contribution in [3.8, 4) is 0 Å². The number of hydrogen-bond acceptors (Lipinski definition) is 2. The molecule has 2 aromatic rings. The average Bonchev–Trinajstić information content (AvgIpc) is 2.78. The molecule has 0 aromatic heterocycles. The minimum Gasteiger partial charge on any atom is -0.355 e. The van der Waals surface area contributed by atoms with E-state index in [0.717, 1.165) is 12.1 Å². The summed E-state index contributed by atoms with van der Waals surface area (Å²) in [5, 5.41) is 5.71. The first-order chi connectivity index (χ1) is 15.1. The van der Waals surface area contributed by atoms with Gasteiger partial charge in [0.15, 0.2) is 0 Å². The second kappa shape index (κ2) is 9.63. The Labute approximate surface area is 186 Å². The summed E-state index contributed by atoms with van der Waals surface area (Å²) < 4.78 is 39.1. The quantitative estimate of drug-likeness (QED) is 0.674. The minimum absolute atomic E-state index is 0.192. The van der Waals surface area contributed by atoms with Crippen LogP contribution in [0.2, 0.25) is 0 Å². The monoisotopic (exact) mass is 447 g/mol. The molecule has 8 heteroatoms. The van der Waals surface area contributed by atoms with E-state index in [1.54, 1.807) is 36.9 Å². The summed E-state index contributed by atoms with van der Waals surface area (Å²) in [4.78, 5) is 26.9. The number of nitrogens with one attached hydrogen (secondary N) is 2. The van der Waals surface area contributed by atoms with Crippen LogP contribution in [0.15, 0.2) is 54.6 Å². The molecule has 1 unspecified atom stereocenters. The van der Waals surface area contributed by atoms with Crippen molar-refractivity contribution < 1.29 is 22.8 Å². The average molecular weight is 448 g/mol. The Balaban J connectivity index is 1.57. The van der Waals surface area contributed by atoms with Gasteiger partial charge in [-0.3, -0.25) is 4.79 Å². The summed E-state index contributed by atoms with van der Waals surface area (Å²) >= 11 is 0. The fourth-order valence-corrected chi connectivity index (χ4v) is 3.77. The molecule has 1 heterocycles. The van der Waals surface area contributed by atoms with Crippen LogP contribution >= 0.6 is 0 Å². The maximum Gasteiger partial charge on any atom is 0.416 e. The lowest BCUT2D eigenvalue weighted by Gasteiger charge is -2.33. The number of benzene rings is 2. The maximum atomic E-state index is 13.0. The number of likely N-dealkylation sites (tertiary alicyclic amines) is 1. The summed E-state index contributed by atoms with van der Waals surface area (Å²) in [7, 11) is 0. The van der Waals surface area contributed by atoms with Crippen LogP contribution in [0.1, 0.15) is 37.8 Å². The van der Waals surface area contributed by atoms with Gasteiger partial charge in [-0.05, 0) is 36.6 Å². The molecule has 5 nitrogen and oxygen atoms in total. The number of alkyl halides is 3. The van der Waals surface area contributed by atoms with Gasteiger partial charge in [0.05, 0.1) is 11.5 Å². The summed E-state index contributed by atoms with van der Waals surface area (Å²) in [5.41, 5.74) is -0.204. The zero-order chi connectivity index (χ0) is 23.4. The third-order valence-corrected chi connectivity index (χ3v) is 5.78. The van der Waals surface area contributed by atoms with Crippen LogP contribution < -0.4 is 10.6 Å². The van der Waals surface area contributed by atoms with E-state index in [9.17, 15) is 22.8 Å². The van der Waals surface area contributed by atoms with Crippen LogP contribution in [-0.2, 0) is 16.4 Å². The number of amides is 3. The molecule has 1 atom stereocenters. The minimum atomic E-state index is -4.42.